The highest BCUT2D eigenvalue weighted by atomic mass is 28.2. The van der Waals surface area contributed by atoms with Crippen LogP contribution in [0.5, 0.6) is 0 Å². The molecule has 0 radical (unpaired) electrons. The van der Waals surface area contributed by atoms with Crippen LogP contribution in [0, 0.1) is 0 Å². The Balaban J connectivity index is 3.32. The van der Waals surface area contributed by atoms with Gasteiger partial charge in [-0.2, -0.15) is 0 Å². The highest BCUT2D eigenvalue weighted by molar-refractivity contribution is 6.12. The molecule has 0 aromatic carbocycles. The predicted molar refractivity (Wildman–Crippen MR) is 35.0 cm³/mol. The van der Waals surface area contributed by atoms with Gasteiger partial charge in [-0.3, -0.25) is 0 Å². The number of hydrogen-bond acceptors (Lipinski definition) is 1. The number of nitrogens with zero attached hydrogens (tertiary/aromatic N) is 1. The van der Waals surface area contributed by atoms with Gasteiger partial charge in [0.15, 0.2) is 0 Å². The molecule has 0 atom stereocenters. The van der Waals surface area contributed by atoms with Gasteiger partial charge in [0.05, 0.1) is 0 Å². The number of hydrogen-bond donors (Lipinski definition) is 1. The van der Waals surface area contributed by atoms with Gasteiger partial charge in [-0.05, 0) is 6.42 Å². The largest absolute Gasteiger partial charge is 0.465 e. The second kappa shape index (κ2) is 3.48. The van der Waals surface area contributed by atoms with Gasteiger partial charge in [-0.25, -0.2) is 4.79 Å². The minimum Gasteiger partial charge on any atom is -0.465 e. The Bertz CT molecular complexity index is 86.1. The van der Waals surface area contributed by atoms with Crippen molar-refractivity contribution in [1.29, 1.82) is 0 Å². The van der Waals surface area contributed by atoms with Crippen LogP contribution in [0.1, 0.15) is 13.3 Å². The average molecular weight is 133 g/mol. The van der Waals surface area contributed by atoms with Crippen LogP contribution < -0.4 is 0 Å². The molecule has 1 amide bonds. The molecule has 0 aromatic heterocycles. The molecular weight excluding hydrogens is 122 g/mol. The zero-order chi connectivity index (χ0) is 6.57. The lowest BCUT2D eigenvalue weighted by molar-refractivity contribution is 0.173. The van der Waals surface area contributed by atoms with E-state index in [9.17, 15) is 4.79 Å². The summed E-state index contributed by atoms with van der Waals surface area (Å²) in [5.41, 5.74) is 0. The van der Waals surface area contributed by atoms with Gasteiger partial charge >= 0.3 is 6.09 Å². The Hall–Kier alpha value is -0.513. The Labute approximate surface area is 51.8 Å². The van der Waals surface area contributed by atoms with Crippen molar-refractivity contribution in [3.63, 3.8) is 0 Å². The quantitative estimate of drug-likeness (QED) is 0.523. The van der Waals surface area contributed by atoms with E-state index in [2.05, 4.69) is 0 Å². The molecule has 0 spiro atoms. The minimum atomic E-state index is -0.793. The smallest absolute Gasteiger partial charge is 0.398 e. The van der Waals surface area contributed by atoms with E-state index in [1.165, 1.54) is 4.57 Å². The molecule has 0 fully saturated rings. The van der Waals surface area contributed by atoms with Gasteiger partial charge in [-0.15, -0.1) is 0 Å². The van der Waals surface area contributed by atoms with Gasteiger partial charge < -0.3 is 9.67 Å². The predicted octanol–water partition coefficient (Wildman–Crippen LogP) is -0.343. The number of amides is 1. The third-order valence-corrected chi connectivity index (χ3v) is 1.72. The molecular formula is C4H11NO2Si. The van der Waals surface area contributed by atoms with E-state index in [1.807, 2.05) is 6.92 Å². The molecule has 0 saturated carbocycles. The zero-order valence-electron chi connectivity index (χ0n) is 5.22. The second-order valence-corrected chi connectivity index (χ2v) is 2.78. The molecule has 0 saturated heterocycles. The van der Waals surface area contributed by atoms with Crippen molar-refractivity contribution in [2.24, 2.45) is 0 Å². The maximum atomic E-state index is 10.0. The average Bonchev–Trinajstić information content (AvgIpc) is 1.67. The van der Waals surface area contributed by atoms with E-state index in [0.29, 0.717) is 16.9 Å². The first kappa shape index (κ1) is 7.49. The summed E-state index contributed by atoms with van der Waals surface area (Å²) in [6, 6.07) is 0. The Kier molecular flexibility index (Phi) is 3.26. The molecule has 48 valence electrons. The normalized spacial score (nSPS) is 9.12. The fourth-order valence-corrected chi connectivity index (χ4v) is 0.878. The van der Waals surface area contributed by atoms with E-state index in [0.717, 1.165) is 6.42 Å². The number of rotatable bonds is 2. The maximum absolute atomic E-state index is 10.0. The summed E-state index contributed by atoms with van der Waals surface area (Å²) in [5, 5.41) is 8.27. The van der Waals surface area contributed by atoms with Crippen molar-refractivity contribution in [2.75, 3.05) is 6.54 Å². The van der Waals surface area contributed by atoms with Crippen LogP contribution in [0.2, 0.25) is 0 Å². The molecule has 0 rings (SSSR count). The number of carbonyl (C=O) groups is 1. The minimum absolute atomic E-state index is 0.617. The Morgan fingerprint density at radius 1 is 1.88 bits per heavy atom. The van der Waals surface area contributed by atoms with Gasteiger partial charge in [0.2, 0.25) is 0 Å². The van der Waals surface area contributed by atoms with E-state index in [1.54, 1.807) is 0 Å². The summed E-state index contributed by atoms with van der Waals surface area (Å²) in [4.78, 5) is 10.0. The fourth-order valence-electron chi connectivity index (χ4n) is 0.431. The molecule has 4 heteroatoms. The molecule has 0 bridgehead atoms. The van der Waals surface area contributed by atoms with E-state index in [4.69, 9.17) is 5.11 Å². The van der Waals surface area contributed by atoms with Crippen molar-refractivity contribution in [1.82, 2.24) is 4.57 Å². The maximum Gasteiger partial charge on any atom is 0.398 e. The SMILES string of the molecule is CCCN([SiH3])C(=O)O. The molecule has 0 aliphatic rings. The van der Waals surface area contributed by atoms with E-state index in [-0.39, 0.29) is 0 Å². The Morgan fingerprint density at radius 2 is 2.38 bits per heavy atom. The summed E-state index contributed by atoms with van der Waals surface area (Å²) < 4.78 is 1.40. The molecule has 0 aliphatic carbocycles. The van der Waals surface area contributed by atoms with Gasteiger partial charge in [-0.1, -0.05) is 6.92 Å². The molecule has 0 aliphatic heterocycles. The van der Waals surface area contributed by atoms with Crippen molar-refractivity contribution in [3.8, 4) is 0 Å². The van der Waals surface area contributed by atoms with Crippen molar-refractivity contribution < 1.29 is 9.90 Å². The van der Waals surface area contributed by atoms with Crippen molar-refractivity contribution >= 4 is 16.5 Å². The van der Waals surface area contributed by atoms with Crippen LogP contribution in [-0.4, -0.2) is 32.7 Å². The molecule has 8 heavy (non-hydrogen) atoms. The lowest BCUT2D eigenvalue weighted by Crippen LogP contribution is -2.26. The van der Waals surface area contributed by atoms with Crippen LogP contribution in [-0.2, 0) is 0 Å². The van der Waals surface area contributed by atoms with Gasteiger partial charge in [0, 0.05) is 6.54 Å². The summed E-state index contributed by atoms with van der Waals surface area (Å²) >= 11 is 0. The molecule has 0 aromatic rings. The van der Waals surface area contributed by atoms with Crippen LogP contribution in [0.25, 0.3) is 0 Å². The van der Waals surface area contributed by atoms with Gasteiger partial charge in [0.25, 0.3) is 0 Å². The van der Waals surface area contributed by atoms with E-state index < -0.39 is 6.09 Å². The first-order chi connectivity index (χ1) is 3.68. The molecule has 1 N–H and O–H groups in total. The molecule has 0 unspecified atom stereocenters. The van der Waals surface area contributed by atoms with Crippen LogP contribution >= 0.6 is 0 Å². The van der Waals surface area contributed by atoms with Crippen LogP contribution in [0.15, 0.2) is 0 Å². The van der Waals surface area contributed by atoms with Crippen LogP contribution in [0.4, 0.5) is 4.79 Å². The highest BCUT2D eigenvalue weighted by Gasteiger charge is 1.99. The lowest BCUT2D eigenvalue weighted by Gasteiger charge is -2.10. The second-order valence-electron chi connectivity index (χ2n) is 1.70. The third kappa shape index (κ3) is 2.63. The standard InChI is InChI=1S/C4H11NO2Si/c1-2-3-5(8)4(6)7/h2-3H2,1,8H3,(H,6,7). The zero-order valence-corrected chi connectivity index (χ0v) is 7.22. The highest BCUT2D eigenvalue weighted by Crippen LogP contribution is 1.83. The van der Waals surface area contributed by atoms with Crippen LogP contribution in [0.3, 0.4) is 0 Å². The first-order valence-corrected chi connectivity index (χ1v) is 3.52. The summed E-state index contributed by atoms with van der Waals surface area (Å²) in [5.74, 6) is 0. The molecule has 0 heterocycles. The summed E-state index contributed by atoms with van der Waals surface area (Å²) in [7, 11) is 0.617. The fraction of sp³-hybridized carbons (Fsp3) is 0.750. The van der Waals surface area contributed by atoms with Crippen molar-refractivity contribution in [3.05, 3.63) is 0 Å². The van der Waals surface area contributed by atoms with E-state index >= 15 is 0 Å². The lowest BCUT2D eigenvalue weighted by atomic mass is 10.5. The van der Waals surface area contributed by atoms with Crippen molar-refractivity contribution in [2.45, 2.75) is 13.3 Å². The van der Waals surface area contributed by atoms with Gasteiger partial charge in [0.1, 0.15) is 10.4 Å². The Morgan fingerprint density at radius 3 is 2.50 bits per heavy atom. The first-order valence-electron chi connectivity index (χ1n) is 2.62. The third-order valence-electron chi connectivity index (χ3n) is 0.886. The topological polar surface area (TPSA) is 40.5 Å². The summed E-state index contributed by atoms with van der Waals surface area (Å²) in [6.07, 6.45) is 0.119. The number of carboxylic acid groups (broad SMARTS) is 1. The molecule has 3 nitrogen and oxygen atoms in total. The summed E-state index contributed by atoms with van der Waals surface area (Å²) in [6.45, 7) is 2.65. The monoisotopic (exact) mass is 133 g/mol.